The van der Waals surface area contributed by atoms with Gasteiger partial charge in [0.25, 0.3) is 5.91 Å². The molecule has 1 saturated carbocycles. The maximum absolute atomic E-state index is 14.3. The number of nitrogens with zero attached hydrogens (tertiary/aromatic N) is 2. The van der Waals surface area contributed by atoms with Crippen LogP contribution in [0, 0.1) is 11.8 Å². The number of methoxy groups -OCH3 is 1. The highest BCUT2D eigenvalue weighted by molar-refractivity contribution is 7.92. The van der Waals surface area contributed by atoms with Gasteiger partial charge in [-0.15, -0.1) is 4.36 Å². The average molecular weight is 751 g/mol. The summed E-state index contributed by atoms with van der Waals surface area (Å²) < 4.78 is 33.8. The van der Waals surface area contributed by atoms with Crippen molar-refractivity contribution in [3.8, 4) is 5.75 Å². The van der Waals surface area contributed by atoms with E-state index in [-0.39, 0.29) is 23.7 Å². The van der Waals surface area contributed by atoms with Crippen LogP contribution in [0.2, 0.25) is 10.0 Å². The molecule has 2 aliphatic heterocycles. The normalized spacial score (nSPS) is 28.3. The van der Waals surface area contributed by atoms with E-state index >= 15 is 0 Å². The molecule has 1 fully saturated rings. The summed E-state index contributed by atoms with van der Waals surface area (Å²) >= 11 is 12.5. The number of aryl methyl sites for hydroxylation is 2. The Morgan fingerprint density at radius 2 is 1.90 bits per heavy atom. The van der Waals surface area contributed by atoms with Crippen molar-refractivity contribution in [3.63, 3.8) is 0 Å². The molecule has 0 aromatic heterocycles. The van der Waals surface area contributed by atoms with E-state index in [0.717, 1.165) is 61.5 Å². The van der Waals surface area contributed by atoms with E-state index in [9.17, 15) is 13.8 Å². The summed E-state index contributed by atoms with van der Waals surface area (Å²) in [7, 11) is -1.66. The number of benzene rings is 3. The first-order chi connectivity index (χ1) is 24.6. The van der Waals surface area contributed by atoms with Crippen LogP contribution in [0.25, 0.3) is 0 Å². The van der Waals surface area contributed by atoms with Gasteiger partial charge in [-0.25, -0.2) is 4.21 Å². The average Bonchev–Trinajstić information content (AvgIpc) is 3.25. The van der Waals surface area contributed by atoms with Gasteiger partial charge in [-0.05, 0) is 122 Å². The molecule has 0 radical (unpaired) electrons. The van der Waals surface area contributed by atoms with Crippen LogP contribution in [0.3, 0.4) is 0 Å². The molecule has 2 heterocycles. The molecule has 7 rings (SSSR count). The summed E-state index contributed by atoms with van der Waals surface area (Å²) in [6, 6.07) is 18.9. The summed E-state index contributed by atoms with van der Waals surface area (Å²) in [5.74, 6) is 0.458. The summed E-state index contributed by atoms with van der Waals surface area (Å²) in [5.41, 5.74) is 4.36. The minimum Gasteiger partial charge on any atom is -0.490 e. The number of hydrogen-bond acceptors (Lipinski definition) is 6. The second-order valence-corrected chi connectivity index (χ2v) is 17.4. The Morgan fingerprint density at radius 3 is 2.69 bits per heavy atom. The first-order valence-electron chi connectivity index (χ1n) is 18.0. The highest BCUT2D eigenvalue weighted by atomic mass is 35.5. The topological polar surface area (TPSA) is 97.3 Å². The molecule has 2 bridgehead atoms. The third-order valence-electron chi connectivity index (χ3n) is 11.1. The second-order valence-electron chi connectivity index (χ2n) is 14.5. The molecule has 3 aromatic carbocycles. The van der Waals surface area contributed by atoms with Crippen molar-refractivity contribution in [3.05, 3.63) is 105 Å². The number of fused-ring (bicyclic) bond motifs is 4. The number of hydrogen-bond donors (Lipinski definition) is 1. The zero-order chi connectivity index (χ0) is 35.6. The lowest BCUT2D eigenvalue weighted by atomic mass is 9.68. The van der Waals surface area contributed by atoms with Crippen molar-refractivity contribution < 1.29 is 23.3 Å². The first-order valence-corrected chi connectivity index (χ1v) is 20.4. The molecule has 5 atom stereocenters. The van der Waals surface area contributed by atoms with Gasteiger partial charge in [-0.3, -0.25) is 14.3 Å². The Kier molecular flexibility index (Phi) is 10.8. The molecule has 3 aromatic rings. The minimum atomic E-state index is -3.42. The van der Waals surface area contributed by atoms with Gasteiger partial charge < -0.3 is 14.4 Å². The number of anilines is 1. The number of rotatable bonds is 5. The Morgan fingerprint density at radius 1 is 1.08 bits per heavy atom. The highest BCUT2D eigenvalue weighted by Gasteiger charge is 2.44. The van der Waals surface area contributed by atoms with E-state index in [2.05, 4.69) is 38.3 Å². The Balaban J connectivity index is 1.23. The maximum Gasteiger partial charge on any atom is 0.286 e. The Labute approximate surface area is 311 Å². The SMILES string of the molecule is CO[C@H]1/C=C\CCCS(=O)(NC(=O)CCc2ccc(Cl)cc2)=NC(=O)c2ccc3c(c2)N(C[C@@H]2CC[C@H]21)C[C@@]1(CCCc2cc(Cl)ccc21)CO3. The van der Waals surface area contributed by atoms with Crippen molar-refractivity contribution in [2.75, 3.05) is 37.5 Å². The molecular weight excluding hydrogens is 705 g/mol. The highest BCUT2D eigenvalue weighted by Crippen LogP contribution is 2.47. The fourth-order valence-electron chi connectivity index (χ4n) is 8.25. The van der Waals surface area contributed by atoms with Crippen LogP contribution in [-0.4, -0.2) is 54.7 Å². The third kappa shape index (κ3) is 8.02. The van der Waals surface area contributed by atoms with E-state index in [1.165, 1.54) is 11.1 Å². The molecule has 11 heteroatoms. The van der Waals surface area contributed by atoms with E-state index in [1.807, 2.05) is 30.3 Å². The molecule has 2 amide bonds. The third-order valence-corrected chi connectivity index (χ3v) is 13.4. The smallest absolute Gasteiger partial charge is 0.286 e. The Hall–Kier alpha value is -3.37. The first kappa shape index (κ1) is 36.0. The van der Waals surface area contributed by atoms with Gasteiger partial charge in [-0.2, -0.15) is 0 Å². The van der Waals surface area contributed by atoms with Crippen LogP contribution in [0.5, 0.6) is 5.75 Å². The molecule has 1 spiro atoms. The number of halogens is 2. The van der Waals surface area contributed by atoms with Crippen molar-refractivity contribution in [2.24, 2.45) is 16.2 Å². The summed E-state index contributed by atoms with van der Waals surface area (Å²) in [6.07, 6.45) is 10.9. The molecule has 1 N–H and O–H groups in total. The largest absolute Gasteiger partial charge is 0.490 e. The second kappa shape index (κ2) is 15.3. The molecule has 8 nitrogen and oxygen atoms in total. The van der Waals surface area contributed by atoms with Gasteiger partial charge in [0.2, 0.25) is 5.91 Å². The number of ether oxygens (including phenoxy) is 2. The van der Waals surface area contributed by atoms with Crippen molar-refractivity contribution in [2.45, 2.75) is 69.3 Å². The summed E-state index contributed by atoms with van der Waals surface area (Å²) in [5, 5.41) is 1.36. The number of carbonyl (C=O) groups excluding carboxylic acids is 2. The van der Waals surface area contributed by atoms with Crippen LogP contribution >= 0.6 is 23.2 Å². The molecule has 4 aliphatic rings. The zero-order valence-electron chi connectivity index (χ0n) is 29.0. The number of nitrogens with one attached hydrogen (secondary N) is 1. The van der Waals surface area contributed by atoms with Crippen LogP contribution < -0.4 is 14.4 Å². The lowest BCUT2D eigenvalue weighted by Gasteiger charge is -2.46. The summed E-state index contributed by atoms with van der Waals surface area (Å²) in [4.78, 5) is 29.4. The van der Waals surface area contributed by atoms with E-state index in [4.69, 9.17) is 32.7 Å². The van der Waals surface area contributed by atoms with Gasteiger partial charge in [0.1, 0.15) is 15.7 Å². The van der Waals surface area contributed by atoms with Gasteiger partial charge in [-0.1, -0.05) is 53.6 Å². The molecule has 270 valence electrons. The van der Waals surface area contributed by atoms with Crippen LogP contribution in [0.15, 0.2) is 77.2 Å². The van der Waals surface area contributed by atoms with Crippen LogP contribution in [-0.2, 0) is 37.7 Å². The zero-order valence-corrected chi connectivity index (χ0v) is 31.3. The fourth-order valence-corrected chi connectivity index (χ4v) is 10.2. The lowest BCUT2D eigenvalue weighted by Crippen LogP contribution is -2.49. The molecule has 1 unspecified atom stereocenters. The number of carbonyl (C=O) groups is 2. The standard InChI is InChI=1S/C40H45Cl2N3O5S/c1-49-36-7-3-2-4-21-51(48,43-38(46)19-10-27-8-13-31(41)14-9-27)44-39(47)29-12-18-37-35(23-29)45(24-30-11-16-33(30)36)25-40(26-50-37)20-5-6-28-22-32(42)15-17-34(28)40/h3,7-9,12-15,17-18,22-23,30,33,36H,2,4-6,10-11,16,19-21,24-26H2,1H3,(H,43,44,46,47,48)/b7-3-/t30-,33+,36-,40-,51?/m0/s1. The van der Waals surface area contributed by atoms with E-state index in [0.29, 0.717) is 54.0 Å². The molecule has 51 heavy (non-hydrogen) atoms. The predicted molar refractivity (Wildman–Crippen MR) is 203 cm³/mol. The predicted octanol–water partition coefficient (Wildman–Crippen LogP) is 8.13. The number of allylic oxidation sites excluding steroid dienone is 1. The van der Waals surface area contributed by atoms with Gasteiger partial charge >= 0.3 is 0 Å². The van der Waals surface area contributed by atoms with Gasteiger partial charge in [0.05, 0.1) is 24.2 Å². The quantitative estimate of drug-likeness (QED) is 0.265. The van der Waals surface area contributed by atoms with E-state index < -0.39 is 21.7 Å². The maximum atomic E-state index is 14.3. The van der Waals surface area contributed by atoms with Crippen LogP contribution in [0.4, 0.5) is 5.69 Å². The Bertz CT molecular complexity index is 1940. The summed E-state index contributed by atoms with van der Waals surface area (Å²) in [6.45, 7) is 2.02. The van der Waals surface area contributed by atoms with Gasteiger partial charge in [0, 0.05) is 47.6 Å². The molecule has 2 aliphatic carbocycles. The number of amides is 2. The van der Waals surface area contributed by atoms with E-state index in [1.54, 1.807) is 25.3 Å². The minimum absolute atomic E-state index is 0.0413. The fraction of sp³-hybridized carbons (Fsp3) is 0.450. The molecular formula is C40H45Cl2N3O5S. The van der Waals surface area contributed by atoms with Crippen molar-refractivity contribution in [1.82, 2.24) is 4.72 Å². The lowest BCUT2D eigenvalue weighted by molar-refractivity contribution is -0.119. The van der Waals surface area contributed by atoms with Crippen LogP contribution in [0.1, 0.15) is 72.0 Å². The van der Waals surface area contributed by atoms with Crippen molar-refractivity contribution >= 4 is 50.6 Å². The van der Waals surface area contributed by atoms with Crippen molar-refractivity contribution in [1.29, 1.82) is 0 Å². The van der Waals surface area contributed by atoms with Gasteiger partial charge in [0.15, 0.2) is 0 Å². The molecule has 0 saturated heterocycles. The monoisotopic (exact) mass is 749 g/mol.